The number of benzene rings is 1. The van der Waals surface area contributed by atoms with E-state index in [-0.39, 0.29) is 19.1 Å². The number of carbonyl (C=O) groups is 4. The summed E-state index contributed by atoms with van der Waals surface area (Å²) in [6.07, 6.45) is 8.02. The van der Waals surface area contributed by atoms with Gasteiger partial charge in [0.1, 0.15) is 35.6 Å². The maximum atomic E-state index is 15.0. The van der Waals surface area contributed by atoms with Gasteiger partial charge in [0.15, 0.2) is 0 Å². The van der Waals surface area contributed by atoms with Gasteiger partial charge in [-0.25, -0.2) is 18.2 Å². The maximum absolute atomic E-state index is 15.0. The lowest BCUT2D eigenvalue weighted by Crippen LogP contribution is -2.68. The van der Waals surface area contributed by atoms with E-state index in [9.17, 15) is 27.6 Å². The zero-order valence-corrected chi connectivity index (χ0v) is 39.0. The van der Waals surface area contributed by atoms with Crippen molar-refractivity contribution in [2.24, 2.45) is 29.1 Å². The van der Waals surface area contributed by atoms with Crippen LogP contribution < -0.4 is 24.8 Å². The number of hydrogen-bond donors (Lipinski definition) is 3. The van der Waals surface area contributed by atoms with Crippen molar-refractivity contribution in [1.82, 2.24) is 30.1 Å². The second kappa shape index (κ2) is 17.2. The minimum atomic E-state index is -4.07. The number of sulfonamides is 1. The predicted molar refractivity (Wildman–Crippen MR) is 241 cm³/mol. The third-order valence-corrected chi connectivity index (χ3v) is 17.0. The van der Waals surface area contributed by atoms with Gasteiger partial charge in [-0.15, -0.1) is 6.58 Å². The number of nitrogens with zero attached hydrogens (tertiary/aromatic N) is 3. The van der Waals surface area contributed by atoms with E-state index in [1.54, 1.807) is 13.0 Å². The van der Waals surface area contributed by atoms with E-state index in [0.29, 0.717) is 55.0 Å². The quantitative estimate of drug-likeness (QED) is 0.214. The number of fused-ring (bicyclic) bond motifs is 8. The SMILES string of the molecule is C=C[C@@H]1C=C[C@]1(NC(=O)[C@@H]1C[C@@H]2CN1C(=O)[C@H](C(C)(C)C)NC(=O)OC1C3C(CCCCc4c(nc5cc(C)ccc5c4OCCCN4CCOCC4)O2)[C@@H]13)C(=O)NS(=O)(=O)C1(C)CC1. The molecule has 5 heterocycles. The molecule has 352 valence electrons. The molecule has 10 rings (SSSR count). The number of aryl methyl sites for hydroxylation is 1. The van der Waals surface area contributed by atoms with Crippen LogP contribution in [0.1, 0.15) is 83.8 Å². The maximum Gasteiger partial charge on any atom is 0.408 e. The Labute approximate surface area is 381 Å². The van der Waals surface area contributed by atoms with Crippen molar-refractivity contribution in [2.45, 2.75) is 121 Å². The Morgan fingerprint density at radius 1 is 1.11 bits per heavy atom. The Kier molecular flexibility index (Phi) is 12.0. The minimum Gasteiger partial charge on any atom is -0.492 e. The molecule has 0 spiro atoms. The number of aromatic nitrogens is 1. The molecule has 3 unspecified atom stereocenters. The molecule has 2 saturated heterocycles. The van der Waals surface area contributed by atoms with Crippen LogP contribution in [-0.2, 0) is 40.3 Å². The Bertz CT molecular complexity index is 2380. The second-order valence-corrected chi connectivity index (χ2v) is 22.8. The number of ether oxygens (including phenoxy) is 4. The molecule has 4 aliphatic heterocycles. The molecule has 9 atom stereocenters. The molecule has 4 amide bonds. The standard InChI is InChI=1S/C48H64N6O10S/c1-7-29-15-16-48(29,44(57)52-65(59,60)47(6)17-18-47)51-41(55)35-26-30-27-54(35)43(56)40(46(3,4)5)50-45(58)64-39-36-32(37(36)39)11-8-9-12-33-38(62-22-10-19-53-20-23-61-24-21-53)31-14-13-28(2)25-34(31)49-42(33)63-30/h7,13-16,25,29-30,32,35-37,39-40H,1,8-12,17-24,26-27H2,2-6H3,(H,50,58)(H,51,55)(H,52,57)/t29-,30-,32?,35+,36-,37?,39?,40-,48-/m1/s1. The van der Waals surface area contributed by atoms with Crippen molar-refractivity contribution in [2.75, 3.05) is 46.0 Å². The number of hydrogen-bond acceptors (Lipinski definition) is 12. The van der Waals surface area contributed by atoms with E-state index < -0.39 is 73.6 Å². The first-order chi connectivity index (χ1) is 30.9. The molecule has 2 aromatic rings. The first kappa shape index (κ1) is 45.4. The van der Waals surface area contributed by atoms with E-state index in [0.717, 1.165) is 80.8 Å². The molecule has 3 N–H and O–H groups in total. The molecular formula is C48H64N6O10S. The fraction of sp³-hybridized carbons (Fsp3) is 0.646. The molecule has 8 aliphatic rings. The van der Waals surface area contributed by atoms with Crippen LogP contribution in [0.15, 0.2) is 43.0 Å². The number of amides is 4. The average Bonchev–Trinajstić information content (AvgIpc) is 4.21. The number of carbonyl (C=O) groups excluding carboxylic acids is 4. The van der Waals surface area contributed by atoms with E-state index in [1.807, 2.05) is 45.9 Å². The Morgan fingerprint density at radius 2 is 1.86 bits per heavy atom. The summed E-state index contributed by atoms with van der Waals surface area (Å²) >= 11 is 0. The first-order valence-corrected chi connectivity index (χ1v) is 24.9. The van der Waals surface area contributed by atoms with Crippen LogP contribution in [0, 0.1) is 36.0 Å². The zero-order chi connectivity index (χ0) is 46.1. The van der Waals surface area contributed by atoms with Crippen LogP contribution in [0.25, 0.3) is 10.9 Å². The molecule has 0 radical (unpaired) electrons. The molecule has 17 heteroatoms. The Morgan fingerprint density at radius 3 is 2.54 bits per heavy atom. The number of nitrogens with one attached hydrogen (secondary N) is 3. The van der Waals surface area contributed by atoms with Gasteiger partial charge in [0.2, 0.25) is 27.7 Å². The number of pyridine rings is 1. The summed E-state index contributed by atoms with van der Waals surface area (Å²) in [5, 5.41) is 6.58. The van der Waals surface area contributed by atoms with Gasteiger partial charge in [0, 0.05) is 49.2 Å². The van der Waals surface area contributed by atoms with Crippen molar-refractivity contribution < 1.29 is 46.5 Å². The fourth-order valence-electron chi connectivity index (χ4n) is 10.2. The van der Waals surface area contributed by atoms with E-state index in [1.165, 1.54) is 17.1 Å². The summed E-state index contributed by atoms with van der Waals surface area (Å²) in [7, 11) is -4.07. The normalized spacial score (nSPS) is 31.9. The smallest absolute Gasteiger partial charge is 0.408 e. The van der Waals surface area contributed by atoms with Gasteiger partial charge in [-0.05, 0) is 81.4 Å². The third kappa shape index (κ3) is 8.84. The minimum absolute atomic E-state index is 0.00521. The lowest BCUT2D eigenvalue weighted by molar-refractivity contribution is -0.143. The molecule has 4 bridgehead atoms. The van der Waals surface area contributed by atoms with Crippen molar-refractivity contribution >= 4 is 44.7 Å². The van der Waals surface area contributed by atoms with Crippen LogP contribution in [0.3, 0.4) is 0 Å². The molecule has 16 nitrogen and oxygen atoms in total. The third-order valence-electron chi connectivity index (χ3n) is 14.9. The van der Waals surface area contributed by atoms with Gasteiger partial charge < -0.3 is 34.5 Å². The van der Waals surface area contributed by atoms with Crippen LogP contribution in [0.2, 0.25) is 0 Å². The second-order valence-electron chi connectivity index (χ2n) is 20.6. The topological polar surface area (TPSA) is 195 Å². The van der Waals surface area contributed by atoms with Gasteiger partial charge in [0.05, 0.1) is 42.2 Å². The molecular weight excluding hydrogens is 853 g/mol. The summed E-state index contributed by atoms with van der Waals surface area (Å²) in [5.41, 5.74) is -0.0625. The summed E-state index contributed by atoms with van der Waals surface area (Å²) in [6.45, 7) is 17.4. The Hall–Kier alpha value is -4.74. The highest BCUT2D eigenvalue weighted by molar-refractivity contribution is 7.91. The van der Waals surface area contributed by atoms with Gasteiger partial charge >= 0.3 is 6.09 Å². The largest absolute Gasteiger partial charge is 0.492 e. The molecule has 4 aliphatic carbocycles. The average molecular weight is 917 g/mol. The number of morpholine rings is 1. The first-order valence-electron chi connectivity index (χ1n) is 23.4. The van der Waals surface area contributed by atoms with Crippen LogP contribution >= 0.6 is 0 Å². The molecule has 65 heavy (non-hydrogen) atoms. The summed E-state index contributed by atoms with van der Waals surface area (Å²) < 4.78 is 52.8. The number of rotatable bonds is 11. The summed E-state index contributed by atoms with van der Waals surface area (Å²) in [5.74, 6) is -0.654. The van der Waals surface area contributed by atoms with Crippen molar-refractivity contribution in [3.63, 3.8) is 0 Å². The molecule has 3 saturated carbocycles. The van der Waals surface area contributed by atoms with E-state index >= 15 is 0 Å². The van der Waals surface area contributed by atoms with Gasteiger partial charge in [0.25, 0.3) is 5.91 Å². The molecule has 5 fully saturated rings. The monoisotopic (exact) mass is 916 g/mol. The van der Waals surface area contributed by atoms with Crippen molar-refractivity contribution in [3.8, 4) is 11.6 Å². The fourth-order valence-corrected chi connectivity index (χ4v) is 11.5. The lowest BCUT2D eigenvalue weighted by Gasteiger charge is -2.42. The van der Waals surface area contributed by atoms with Crippen molar-refractivity contribution in [3.05, 3.63) is 54.1 Å². The lowest BCUT2D eigenvalue weighted by atomic mass is 9.73. The van der Waals surface area contributed by atoms with Gasteiger partial charge in [-0.3, -0.25) is 24.0 Å². The highest BCUT2D eigenvalue weighted by Crippen LogP contribution is 2.71. The van der Waals surface area contributed by atoms with E-state index in [4.69, 9.17) is 23.9 Å². The van der Waals surface area contributed by atoms with Gasteiger partial charge in [-0.1, -0.05) is 51.5 Å². The van der Waals surface area contributed by atoms with Crippen LogP contribution in [0.5, 0.6) is 11.6 Å². The van der Waals surface area contributed by atoms with Gasteiger partial charge in [-0.2, -0.15) is 0 Å². The Balaban J connectivity index is 1.05. The molecule has 1 aromatic carbocycles. The highest BCUT2D eigenvalue weighted by Gasteiger charge is 2.75. The van der Waals surface area contributed by atoms with Crippen molar-refractivity contribution in [1.29, 1.82) is 0 Å². The van der Waals surface area contributed by atoms with Crippen LogP contribution in [0.4, 0.5) is 4.79 Å². The molecule has 1 aromatic heterocycles. The highest BCUT2D eigenvalue weighted by atomic mass is 32.2. The predicted octanol–water partition coefficient (Wildman–Crippen LogP) is 4.33. The summed E-state index contributed by atoms with van der Waals surface area (Å²) in [6, 6.07) is 3.79. The van der Waals surface area contributed by atoms with E-state index in [2.05, 4.69) is 26.8 Å². The van der Waals surface area contributed by atoms with Crippen LogP contribution in [-0.4, -0.2) is 128 Å². The number of alkyl carbamates (subject to hydrolysis) is 1. The summed E-state index contributed by atoms with van der Waals surface area (Å²) in [4.78, 5) is 66.2. The zero-order valence-electron chi connectivity index (χ0n) is 38.2.